The number of alkyl halides is 2. The van der Waals surface area contributed by atoms with Gasteiger partial charge in [0, 0.05) is 31.8 Å². The summed E-state index contributed by atoms with van der Waals surface area (Å²) < 4.78 is 27.8. The average Bonchev–Trinajstić information content (AvgIpc) is 3.17. The summed E-state index contributed by atoms with van der Waals surface area (Å²) in [5, 5.41) is 15.0. The fourth-order valence-electron chi connectivity index (χ4n) is 5.23. The van der Waals surface area contributed by atoms with Gasteiger partial charge in [0.1, 0.15) is 0 Å². The zero-order valence-corrected chi connectivity index (χ0v) is 15.5. The lowest BCUT2D eigenvalue weighted by atomic mass is 9.79. The SMILES string of the molecule is O=C(N1C[C@H]2CCNCC[C@H]2C1)[C@](O)(c1ccccc1)C1CCC(F)(F)C1. The average molecular weight is 378 g/mol. The topological polar surface area (TPSA) is 52.6 Å². The zero-order chi connectivity index (χ0) is 19.1. The molecule has 2 N–H and O–H groups in total. The molecule has 1 aromatic rings. The van der Waals surface area contributed by atoms with Gasteiger partial charge in [-0.15, -0.1) is 0 Å². The first-order chi connectivity index (χ1) is 12.9. The van der Waals surface area contributed by atoms with Crippen LogP contribution in [0.2, 0.25) is 0 Å². The minimum Gasteiger partial charge on any atom is -0.375 e. The normalized spacial score (nSPS) is 32.6. The number of likely N-dealkylation sites (tertiary alicyclic amines) is 1. The van der Waals surface area contributed by atoms with Crippen LogP contribution in [0.15, 0.2) is 30.3 Å². The van der Waals surface area contributed by atoms with Crippen molar-refractivity contribution in [3.05, 3.63) is 35.9 Å². The number of rotatable bonds is 3. The molecule has 148 valence electrons. The lowest BCUT2D eigenvalue weighted by Crippen LogP contribution is -2.50. The fourth-order valence-corrected chi connectivity index (χ4v) is 5.23. The number of aliphatic hydroxyl groups is 1. The van der Waals surface area contributed by atoms with E-state index in [1.165, 1.54) is 0 Å². The van der Waals surface area contributed by atoms with Crippen molar-refractivity contribution < 1.29 is 18.7 Å². The van der Waals surface area contributed by atoms with Gasteiger partial charge in [-0.25, -0.2) is 8.78 Å². The van der Waals surface area contributed by atoms with Crippen molar-refractivity contribution in [2.24, 2.45) is 17.8 Å². The zero-order valence-electron chi connectivity index (χ0n) is 15.5. The van der Waals surface area contributed by atoms with Gasteiger partial charge in [0.2, 0.25) is 5.92 Å². The smallest absolute Gasteiger partial charge is 0.259 e. The van der Waals surface area contributed by atoms with Gasteiger partial charge < -0.3 is 15.3 Å². The first-order valence-corrected chi connectivity index (χ1v) is 10.1. The Kier molecular flexibility index (Phi) is 4.97. The van der Waals surface area contributed by atoms with Crippen molar-refractivity contribution in [1.29, 1.82) is 0 Å². The van der Waals surface area contributed by atoms with Crippen molar-refractivity contribution in [2.45, 2.75) is 43.6 Å². The van der Waals surface area contributed by atoms with E-state index in [2.05, 4.69) is 5.32 Å². The summed E-state index contributed by atoms with van der Waals surface area (Å²) in [5.41, 5.74) is -1.44. The van der Waals surface area contributed by atoms with Crippen LogP contribution in [-0.4, -0.2) is 48.0 Å². The molecular weight excluding hydrogens is 350 g/mol. The molecule has 3 aliphatic rings. The van der Waals surface area contributed by atoms with Gasteiger partial charge in [0.15, 0.2) is 5.60 Å². The number of benzene rings is 1. The van der Waals surface area contributed by atoms with Crippen LogP contribution < -0.4 is 5.32 Å². The van der Waals surface area contributed by atoms with E-state index in [-0.39, 0.29) is 12.8 Å². The number of nitrogens with zero attached hydrogens (tertiary/aromatic N) is 1. The number of amides is 1. The van der Waals surface area contributed by atoms with E-state index in [1.54, 1.807) is 35.2 Å². The van der Waals surface area contributed by atoms with E-state index in [0.717, 1.165) is 25.9 Å². The standard InChI is InChI=1S/C21H28F2N2O2/c22-20(23)9-6-18(12-20)21(27,17-4-2-1-3-5-17)19(26)25-13-15-7-10-24-11-8-16(15)14-25/h1-5,15-16,18,24,27H,6-14H2/t15-,16+,18?,21-/m0/s1. The quantitative estimate of drug-likeness (QED) is 0.850. The Labute approximate surface area is 158 Å². The largest absolute Gasteiger partial charge is 0.375 e. The Balaban J connectivity index is 1.62. The van der Waals surface area contributed by atoms with Crippen LogP contribution >= 0.6 is 0 Å². The molecule has 1 unspecified atom stereocenters. The van der Waals surface area contributed by atoms with Crippen molar-refractivity contribution in [1.82, 2.24) is 10.2 Å². The lowest BCUT2D eigenvalue weighted by Gasteiger charge is -2.36. The highest BCUT2D eigenvalue weighted by molar-refractivity contribution is 5.87. The van der Waals surface area contributed by atoms with Gasteiger partial charge in [-0.2, -0.15) is 0 Å². The molecule has 0 bridgehead atoms. The van der Waals surface area contributed by atoms with E-state index >= 15 is 0 Å². The van der Waals surface area contributed by atoms with E-state index < -0.39 is 29.8 Å². The van der Waals surface area contributed by atoms with Crippen LogP contribution in [-0.2, 0) is 10.4 Å². The van der Waals surface area contributed by atoms with Crippen LogP contribution in [0.3, 0.4) is 0 Å². The molecule has 1 saturated carbocycles. The number of fused-ring (bicyclic) bond motifs is 1. The van der Waals surface area contributed by atoms with E-state index in [0.29, 0.717) is 30.5 Å². The molecule has 4 atom stereocenters. The molecule has 1 aromatic carbocycles. The van der Waals surface area contributed by atoms with Crippen LogP contribution in [0.5, 0.6) is 0 Å². The van der Waals surface area contributed by atoms with Gasteiger partial charge in [-0.1, -0.05) is 30.3 Å². The summed E-state index contributed by atoms with van der Waals surface area (Å²) in [4.78, 5) is 15.3. The third kappa shape index (κ3) is 3.49. The highest BCUT2D eigenvalue weighted by Gasteiger charge is 2.55. The molecular formula is C21H28F2N2O2. The van der Waals surface area contributed by atoms with Gasteiger partial charge in [-0.3, -0.25) is 4.79 Å². The number of carbonyl (C=O) groups is 1. The maximum atomic E-state index is 13.9. The predicted molar refractivity (Wildman–Crippen MR) is 98.3 cm³/mol. The molecule has 2 saturated heterocycles. The summed E-state index contributed by atoms with van der Waals surface area (Å²) in [5.74, 6) is -3.11. The Hall–Kier alpha value is -1.53. The maximum absolute atomic E-state index is 13.9. The van der Waals surface area contributed by atoms with Crippen LogP contribution in [0.25, 0.3) is 0 Å². The minimum absolute atomic E-state index is 0.161. The molecule has 0 aromatic heterocycles. The molecule has 4 nitrogen and oxygen atoms in total. The Bertz CT molecular complexity index is 670. The summed E-state index contributed by atoms with van der Waals surface area (Å²) in [7, 11) is 0. The second-order valence-corrected chi connectivity index (χ2v) is 8.49. The van der Waals surface area contributed by atoms with Gasteiger partial charge in [-0.05, 0) is 49.8 Å². The van der Waals surface area contributed by atoms with Crippen molar-refractivity contribution in [3.8, 4) is 0 Å². The molecule has 0 radical (unpaired) electrons. The van der Waals surface area contributed by atoms with Crippen LogP contribution in [0, 0.1) is 17.8 Å². The Morgan fingerprint density at radius 2 is 1.74 bits per heavy atom. The van der Waals surface area contributed by atoms with Crippen LogP contribution in [0.4, 0.5) is 8.78 Å². The highest BCUT2D eigenvalue weighted by atomic mass is 19.3. The summed E-state index contributed by atoms with van der Waals surface area (Å²) in [6.07, 6.45) is 1.49. The minimum atomic E-state index is -2.81. The molecule has 27 heavy (non-hydrogen) atoms. The predicted octanol–water partition coefficient (Wildman–Crippen LogP) is 2.77. The Morgan fingerprint density at radius 1 is 1.11 bits per heavy atom. The van der Waals surface area contributed by atoms with Crippen LogP contribution in [0.1, 0.15) is 37.7 Å². The molecule has 3 fully saturated rings. The van der Waals surface area contributed by atoms with Gasteiger partial charge in [0.05, 0.1) is 0 Å². The van der Waals surface area contributed by atoms with Gasteiger partial charge in [0.25, 0.3) is 5.91 Å². The van der Waals surface area contributed by atoms with Crippen molar-refractivity contribution in [2.75, 3.05) is 26.2 Å². The molecule has 1 amide bonds. The van der Waals surface area contributed by atoms with E-state index in [9.17, 15) is 18.7 Å². The van der Waals surface area contributed by atoms with Crippen molar-refractivity contribution in [3.63, 3.8) is 0 Å². The summed E-state index contributed by atoms with van der Waals surface area (Å²) in [6, 6.07) is 8.68. The number of carbonyl (C=O) groups excluding carboxylic acids is 1. The Morgan fingerprint density at radius 3 is 2.30 bits per heavy atom. The molecule has 2 heterocycles. The molecule has 0 spiro atoms. The van der Waals surface area contributed by atoms with Gasteiger partial charge >= 0.3 is 0 Å². The maximum Gasteiger partial charge on any atom is 0.259 e. The lowest BCUT2D eigenvalue weighted by molar-refractivity contribution is -0.159. The molecule has 6 heteroatoms. The first kappa shape index (κ1) is 18.8. The number of nitrogens with one attached hydrogen (secondary N) is 1. The van der Waals surface area contributed by atoms with E-state index in [4.69, 9.17) is 0 Å². The molecule has 1 aliphatic carbocycles. The monoisotopic (exact) mass is 378 g/mol. The summed E-state index contributed by atoms with van der Waals surface area (Å²) in [6.45, 7) is 3.12. The fraction of sp³-hybridized carbons (Fsp3) is 0.667. The van der Waals surface area contributed by atoms with Crippen molar-refractivity contribution >= 4 is 5.91 Å². The van der Waals surface area contributed by atoms with E-state index in [1.807, 2.05) is 0 Å². The third-order valence-corrected chi connectivity index (χ3v) is 6.78. The number of halogens is 2. The second kappa shape index (κ2) is 7.13. The molecule has 2 aliphatic heterocycles. The third-order valence-electron chi connectivity index (χ3n) is 6.78. The highest BCUT2D eigenvalue weighted by Crippen LogP contribution is 2.48. The number of hydrogen-bond donors (Lipinski definition) is 2. The first-order valence-electron chi connectivity index (χ1n) is 10.1. The summed E-state index contributed by atoms with van der Waals surface area (Å²) >= 11 is 0. The molecule has 4 rings (SSSR count). The second-order valence-electron chi connectivity index (χ2n) is 8.49. The number of hydrogen-bond acceptors (Lipinski definition) is 3.